The lowest BCUT2D eigenvalue weighted by atomic mass is 9.69. The third-order valence-electron chi connectivity index (χ3n) is 5.24. The lowest BCUT2D eigenvalue weighted by molar-refractivity contribution is -0.145. The van der Waals surface area contributed by atoms with Crippen molar-refractivity contribution in [1.82, 2.24) is 0 Å². The summed E-state index contributed by atoms with van der Waals surface area (Å²) < 4.78 is 5.23. The Morgan fingerprint density at radius 2 is 1.83 bits per heavy atom. The summed E-state index contributed by atoms with van der Waals surface area (Å²) in [7, 11) is 0. The summed E-state index contributed by atoms with van der Waals surface area (Å²) in [6, 6.07) is 8.91. The van der Waals surface area contributed by atoms with Gasteiger partial charge in [0.1, 0.15) is 6.61 Å². The Morgan fingerprint density at radius 3 is 2.38 bits per heavy atom. The highest BCUT2D eigenvalue weighted by Gasteiger charge is 2.38. The standard InChI is InChI=1S/C20H31NO3/c1-5-15(3)20(4,6-2)19(23)17(21)12-13-18(22)24-14-16-10-8-7-9-11-16/h7-11,15,17H,5-6,12-14,21H2,1-4H3/t15?,17-,20?/m0/s1. The van der Waals surface area contributed by atoms with Crippen molar-refractivity contribution in [2.45, 2.75) is 66.0 Å². The number of ketones is 1. The number of ether oxygens (including phenoxy) is 1. The first-order chi connectivity index (χ1) is 11.3. The predicted molar refractivity (Wildman–Crippen MR) is 96.3 cm³/mol. The van der Waals surface area contributed by atoms with Crippen LogP contribution in [-0.2, 0) is 20.9 Å². The Bertz CT molecular complexity index is 529. The zero-order valence-electron chi connectivity index (χ0n) is 15.4. The van der Waals surface area contributed by atoms with Gasteiger partial charge < -0.3 is 10.5 Å². The third-order valence-corrected chi connectivity index (χ3v) is 5.24. The van der Waals surface area contributed by atoms with Crippen LogP contribution in [0.3, 0.4) is 0 Å². The van der Waals surface area contributed by atoms with E-state index in [0.717, 1.165) is 18.4 Å². The molecule has 0 bridgehead atoms. The van der Waals surface area contributed by atoms with Crippen LogP contribution in [0.5, 0.6) is 0 Å². The lowest BCUT2D eigenvalue weighted by Gasteiger charge is -2.35. The first kappa shape index (κ1) is 20.4. The molecule has 1 aromatic carbocycles. The van der Waals surface area contributed by atoms with E-state index >= 15 is 0 Å². The van der Waals surface area contributed by atoms with Gasteiger partial charge in [-0.2, -0.15) is 0 Å². The second-order valence-corrected chi connectivity index (χ2v) is 6.74. The number of carbonyl (C=O) groups is 2. The summed E-state index contributed by atoms with van der Waals surface area (Å²) in [4.78, 5) is 24.6. The fourth-order valence-corrected chi connectivity index (χ4v) is 2.85. The van der Waals surface area contributed by atoms with Crippen molar-refractivity contribution in [3.8, 4) is 0 Å². The molecule has 1 rings (SSSR count). The first-order valence-electron chi connectivity index (χ1n) is 8.84. The van der Waals surface area contributed by atoms with Crippen molar-refractivity contribution in [2.75, 3.05) is 0 Å². The van der Waals surface area contributed by atoms with E-state index < -0.39 is 11.5 Å². The molecule has 0 amide bonds. The van der Waals surface area contributed by atoms with Gasteiger partial charge in [0.2, 0.25) is 0 Å². The van der Waals surface area contributed by atoms with Crippen molar-refractivity contribution in [3.63, 3.8) is 0 Å². The molecule has 0 fully saturated rings. The molecule has 1 aromatic rings. The molecule has 24 heavy (non-hydrogen) atoms. The van der Waals surface area contributed by atoms with Crippen LogP contribution in [0.15, 0.2) is 30.3 Å². The summed E-state index contributed by atoms with van der Waals surface area (Å²) in [5, 5.41) is 0. The molecule has 0 aliphatic carbocycles. The fourth-order valence-electron chi connectivity index (χ4n) is 2.85. The van der Waals surface area contributed by atoms with Crippen LogP contribution < -0.4 is 5.73 Å². The number of carbonyl (C=O) groups excluding carboxylic acids is 2. The maximum atomic E-state index is 12.7. The third kappa shape index (κ3) is 5.45. The van der Waals surface area contributed by atoms with Gasteiger partial charge >= 0.3 is 5.97 Å². The molecule has 0 radical (unpaired) electrons. The predicted octanol–water partition coefficient (Wildman–Crippen LogP) is 3.87. The SMILES string of the molecule is CCC(C)C(C)(CC)C(=O)[C@@H](N)CCC(=O)OCc1ccccc1. The van der Waals surface area contributed by atoms with Gasteiger partial charge in [-0.25, -0.2) is 0 Å². The van der Waals surface area contributed by atoms with Gasteiger partial charge in [0.15, 0.2) is 5.78 Å². The Balaban J connectivity index is 2.48. The number of hydrogen-bond acceptors (Lipinski definition) is 4. The van der Waals surface area contributed by atoms with Crippen molar-refractivity contribution in [3.05, 3.63) is 35.9 Å². The van der Waals surface area contributed by atoms with E-state index in [2.05, 4.69) is 13.8 Å². The molecule has 0 aromatic heterocycles. The van der Waals surface area contributed by atoms with Crippen molar-refractivity contribution in [1.29, 1.82) is 0 Å². The van der Waals surface area contributed by atoms with Gasteiger partial charge in [-0.1, -0.05) is 64.4 Å². The second-order valence-electron chi connectivity index (χ2n) is 6.74. The molecule has 2 unspecified atom stereocenters. The topological polar surface area (TPSA) is 69.4 Å². The van der Waals surface area contributed by atoms with E-state index in [0.29, 0.717) is 6.42 Å². The molecule has 134 valence electrons. The van der Waals surface area contributed by atoms with Crippen molar-refractivity contribution >= 4 is 11.8 Å². The van der Waals surface area contributed by atoms with Crippen LogP contribution in [0.4, 0.5) is 0 Å². The molecular weight excluding hydrogens is 302 g/mol. The maximum absolute atomic E-state index is 12.7. The van der Waals surface area contributed by atoms with E-state index in [-0.39, 0.29) is 30.7 Å². The minimum atomic E-state index is -0.617. The number of benzene rings is 1. The Morgan fingerprint density at radius 1 is 1.21 bits per heavy atom. The summed E-state index contributed by atoms with van der Waals surface area (Å²) in [6.07, 6.45) is 2.19. The van der Waals surface area contributed by atoms with Crippen molar-refractivity contribution in [2.24, 2.45) is 17.1 Å². The van der Waals surface area contributed by atoms with Crippen LogP contribution in [-0.4, -0.2) is 17.8 Å². The minimum Gasteiger partial charge on any atom is -0.461 e. The highest BCUT2D eigenvalue weighted by Crippen LogP contribution is 2.35. The Hall–Kier alpha value is -1.68. The molecule has 0 saturated heterocycles. The van der Waals surface area contributed by atoms with Crippen LogP contribution in [0.25, 0.3) is 0 Å². The molecule has 4 heteroatoms. The van der Waals surface area contributed by atoms with Crippen LogP contribution >= 0.6 is 0 Å². The maximum Gasteiger partial charge on any atom is 0.306 e. The quantitative estimate of drug-likeness (QED) is 0.660. The monoisotopic (exact) mass is 333 g/mol. The number of esters is 1. The molecule has 3 atom stereocenters. The number of nitrogens with two attached hydrogens (primary N) is 1. The van der Waals surface area contributed by atoms with Gasteiger partial charge in [0.25, 0.3) is 0 Å². The van der Waals surface area contributed by atoms with E-state index in [1.165, 1.54) is 0 Å². The van der Waals surface area contributed by atoms with Gasteiger partial charge in [-0.05, 0) is 24.3 Å². The summed E-state index contributed by atoms with van der Waals surface area (Å²) >= 11 is 0. The number of Topliss-reactive ketones (excluding diaryl/α,β-unsaturated/α-hetero) is 1. The van der Waals surface area contributed by atoms with E-state index in [9.17, 15) is 9.59 Å². The van der Waals surface area contributed by atoms with Crippen molar-refractivity contribution < 1.29 is 14.3 Å². The average Bonchev–Trinajstić information content (AvgIpc) is 2.63. The molecular formula is C20H31NO3. The highest BCUT2D eigenvalue weighted by molar-refractivity contribution is 5.89. The Kier molecular flexibility index (Phi) is 8.13. The van der Waals surface area contributed by atoms with Gasteiger partial charge in [-0.3, -0.25) is 9.59 Å². The molecule has 2 N–H and O–H groups in total. The molecule has 0 heterocycles. The van der Waals surface area contributed by atoms with Gasteiger partial charge in [0.05, 0.1) is 6.04 Å². The summed E-state index contributed by atoms with van der Waals surface area (Å²) in [6.45, 7) is 8.42. The summed E-state index contributed by atoms with van der Waals surface area (Å²) in [5.74, 6) is 0.00476. The molecule has 0 spiro atoms. The van der Waals surface area contributed by atoms with Crippen LogP contribution in [0, 0.1) is 11.3 Å². The van der Waals surface area contributed by atoms with Crippen LogP contribution in [0.1, 0.15) is 58.9 Å². The minimum absolute atomic E-state index is 0.0511. The molecule has 0 saturated carbocycles. The second kappa shape index (κ2) is 9.58. The normalized spacial score (nSPS) is 16.0. The molecule has 0 aliphatic heterocycles. The first-order valence-corrected chi connectivity index (χ1v) is 8.84. The number of rotatable bonds is 10. The van der Waals surface area contributed by atoms with Gasteiger partial charge in [-0.15, -0.1) is 0 Å². The van der Waals surface area contributed by atoms with Gasteiger partial charge in [0, 0.05) is 11.8 Å². The zero-order chi connectivity index (χ0) is 18.2. The molecule has 4 nitrogen and oxygen atoms in total. The van der Waals surface area contributed by atoms with E-state index in [4.69, 9.17) is 10.5 Å². The smallest absolute Gasteiger partial charge is 0.306 e. The van der Waals surface area contributed by atoms with E-state index in [1.807, 2.05) is 44.2 Å². The number of hydrogen-bond donors (Lipinski definition) is 1. The summed E-state index contributed by atoms with van der Waals surface area (Å²) in [5.41, 5.74) is 6.59. The molecule has 0 aliphatic rings. The lowest BCUT2D eigenvalue weighted by Crippen LogP contribution is -2.45. The highest BCUT2D eigenvalue weighted by atomic mass is 16.5. The Labute approximate surface area is 145 Å². The van der Waals surface area contributed by atoms with E-state index in [1.54, 1.807) is 0 Å². The largest absolute Gasteiger partial charge is 0.461 e. The fraction of sp³-hybridized carbons (Fsp3) is 0.600. The average molecular weight is 333 g/mol. The zero-order valence-corrected chi connectivity index (χ0v) is 15.4. The van der Waals surface area contributed by atoms with Crippen LogP contribution in [0.2, 0.25) is 0 Å².